The molecule has 1 saturated heterocycles. The van der Waals surface area contributed by atoms with Crippen LogP contribution < -0.4 is 0 Å². The maximum Gasteiger partial charge on any atom is 0.409 e. The molecule has 0 aliphatic carbocycles. The van der Waals surface area contributed by atoms with Crippen molar-refractivity contribution >= 4 is 6.09 Å². The summed E-state index contributed by atoms with van der Waals surface area (Å²) in [5, 5.41) is 8.62. The molecule has 0 saturated carbocycles. The Morgan fingerprint density at radius 1 is 1.14 bits per heavy atom. The van der Waals surface area contributed by atoms with Crippen molar-refractivity contribution in [2.75, 3.05) is 26.7 Å². The first-order chi connectivity index (χ1) is 13.5. The minimum atomic E-state index is -0.287. The first-order valence-electron chi connectivity index (χ1n) is 10.1. The number of likely N-dealkylation sites (tertiary alicyclic amines) is 1. The predicted molar refractivity (Wildman–Crippen MR) is 106 cm³/mol. The van der Waals surface area contributed by atoms with Crippen LogP contribution in [0.15, 0.2) is 24.3 Å². The third kappa shape index (κ3) is 3.39. The summed E-state index contributed by atoms with van der Waals surface area (Å²) in [6, 6.07) is 8.93. The number of nitrogens with zero attached hydrogens (tertiary/aromatic N) is 5. The number of ether oxygens (including phenoxy) is 1. The van der Waals surface area contributed by atoms with Crippen molar-refractivity contribution in [1.82, 2.24) is 24.6 Å². The van der Waals surface area contributed by atoms with Gasteiger partial charge in [-0.05, 0) is 37.3 Å². The topological polar surface area (TPSA) is 63.5 Å². The zero-order chi connectivity index (χ0) is 19.7. The van der Waals surface area contributed by atoms with Crippen molar-refractivity contribution in [3.63, 3.8) is 0 Å². The van der Waals surface area contributed by atoms with Gasteiger partial charge >= 0.3 is 6.09 Å². The Labute approximate surface area is 166 Å². The number of aryl methyl sites for hydroxylation is 2. The Morgan fingerprint density at radius 2 is 1.82 bits per heavy atom. The lowest BCUT2D eigenvalue weighted by atomic mass is 9.84. The van der Waals surface area contributed by atoms with Gasteiger partial charge in [0.2, 0.25) is 0 Å². The van der Waals surface area contributed by atoms with E-state index in [1.54, 1.807) is 4.90 Å². The molecule has 0 bridgehead atoms. The standard InChI is InChI=1S/C21H29N5O2/c1-4-17-5-7-18(8-6-17)13-24-11-9-21(10-12-24)15-25(20(27)28-3)14-19-23-22-16(2)26(19)21/h5-8H,4,9-15H2,1-3H3. The summed E-state index contributed by atoms with van der Waals surface area (Å²) in [6.07, 6.45) is 2.73. The van der Waals surface area contributed by atoms with Crippen molar-refractivity contribution in [3.8, 4) is 0 Å². The van der Waals surface area contributed by atoms with Gasteiger partial charge in [-0.1, -0.05) is 31.2 Å². The van der Waals surface area contributed by atoms with Gasteiger partial charge in [0.15, 0.2) is 5.82 Å². The molecule has 4 rings (SSSR count). The van der Waals surface area contributed by atoms with Crippen molar-refractivity contribution < 1.29 is 9.53 Å². The average molecular weight is 383 g/mol. The fourth-order valence-corrected chi connectivity index (χ4v) is 4.68. The SMILES string of the molecule is CCc1ccc(CN2CCC3(CC2)CN(C(=O)OC)Cc2nnc(C)n23)cc1. The highest BCUT2D eigenvalue weighted by molar-refractivity contribution is 5.67. The molecule has 1 amide bonds. The molecule has 7 nitrogen and oxygen atoms in total. The molecule has 1 fully saturated rings. The zero-order valence-electron chi connectivity index (χ0n) is 17.0. The third-order valence-electron chi connectivity index (χ3n) is 6.24. The number of benzene rings is 1. The van der Waals surface area contributed by atoms with E-state index in [2.05, 4.69) is 50.9 Å². The van der Waals surface area contributed by atoms with E-state index in [1.807, 2.05) is 6.92 Å². The van der Waals surface area contributed by atoms with Crippen LogP contribution in [0.4, 0.5) is 4.79 Å². The Balaban J connectivity index is 1.49. The summed E-state index contributed by atoms with van der Waals surface area (Å²) in [5.41, 5.74) is 2.59. The molecule has 2 aliphatic heterocycles. The molecule has 0 atom stereocenters. The average Bonchev–Trinajstić information content (AvgIpc) is 3.11. The Morgan fingerprint density at radius 3 is 2.46 bits per heavy atom. The minimum absolute atomic E-state index is 0.141. The number of rotatable bonds is 3. The first kappa shape index (κ1) is 18.9. The second-order valence-electron chi connectivity index (χ2n) is 8.00. The monoisotopic (exact) mass is 383 g/mol. The fourth-order valence-electron chi connectivity index (χ4n) is 4.68. The predicted octanol–water partition coefficient (Wildman–Crippen LogP) is 2.72. The molecule has 28 heavy (non-hydrogen) atoms. The van der Waals surface area contributed by atoms with Crippen LogP contribution in [-0.2, 0) is 29.8 Å². The molecule has 0 unspecified atom stereocenters. The number of aromatic nitrogens is 3. The highest BCUT2D eigenvalue weighted by Gasteiger charge is 2.45. The number of methoxy groups -OCH3 is 1. The maximum absolute atomic E-state index is 12.2. The van der Waals surface area contributed by atoms with Gasteiger partial charge in [0, 0.05) is 26.2 Å². The van der Waals surface area contributed by atoms with E-state index >= 15 is 0 Å². The van der Waals surface area contributed by atoms with Crippen molar-refractivity contribution in [1.29, 1.82) is 0 Å². The van der Waals surface area contributed by atoms with Gasteiger partial charge in [0.05, 0.1) is 19.2 Å². The summed E-state index contributed by atoms with van der Waals surface area (Å²) in [4.78, 5) is 16.5. The second kappa shape index (κ2) is 7.54. The maximum atomic E-state index is 12.2. The van der Waals surface area contributed by atoms with Crippen molar-refractivity contribution in [3.05, 3.63) is 47.0 Å². The highest BCUT2D eigenvalue weighted by Crippen LogP contribution is 2.37. The summed E-state index contributed by atoms with van der Waals surface area (Å²) in [6.45, 7) is 8.25. The van der Waals surface area contributed by atoms with E-state index in [1.165, 1.54) is 18.2 Å². The molecule has 0 N–H and O–H groups in total. The lowest BCUT2D eigenvalue weighted by molar-refractivity contribution is 0.0320. The first-order valence-corrected chi connectivity index (χ1v) is 10.1. The van der Waals surface area contributed by atoms with Crippen LogP contribution in [0.2, 0.25) is 0 Å². The van der Waals surface area contributed by atoms with Gasteiger partial charge in [-0.25, -0.2) is 4.79 Å². The highest BCUT2D eigenvalue weighted by atomic mass is 16.5. The normalized spacial score (nSPS) is 18.9. The number of hydrogen-bond donors (Lipinski definition) is 0. The van der Waals surface area contributed by atoms with Gasteiger partial charge in [0.25, 0.3) is 0 Å². The molecule has 1 aromatic heterocycles. The molecule has 7 heteroatoms. The molecular weight excluding hydrogens is 354 g/mol. The zero-order valence-corrected chi connectivity index (χ0v) is 17.0. The molecular formula is C21H29N5O2. The van der Waals surface area contributed by atoms with Crippen LogP contribution in [0.3, 0.4) is 0 Å². The summed E-state index contributed by atoms with van der Waals surface area (Å²) < 4.78 is 7.26. The largest absolute Gasteiger partial charge is 0.453 e. The smallest absolute Gasteiger partial charge is 0.409 e. The van der Waals surface area contributed by atoms with E-state index in [-0.39, 0.29) is 11.6 Å². The van der Waals surface area contributed by atoms with Crippen LogP contribution in [0.1, 0.15) is 42.5 Å². The van der Waals surface area contributed by atoms with E-state index in [0.717, 1.165) is 50.5 Å². The van der Waals surface area contributed by atoms with E-state index in [4.69, 9.17) is 4.74 Å². The number of carbonyl (C=O) groups excluding carboxylic acids is 1. The number of carbonyl (C=O) groups is 1. The van der Waals surface area contributed by atoms with Crippen LogP contribution >= 0.6 is 0 Å². The lowest BCUT2D eigenvalue weighted by Gasteiger charge is -2.48. The molecule has 3 heterocycles. The summed E-state index contributed by atoms with van der Waals surface area (Å²) in [5.74, 6) is 1.79. The van der Waals surface area contributed by atoms with Gasteiger partial charge in [-0.15, -0.1) is 10.2 Å². The van der Waals surface area contributed by atoms with Crippen molar-refractivity contribution in [2.24, 2.45) is 0 Å². The van der Waals surface area contributed by atoms with Crippen LogP contribution in [0.5, 0.6) is 0 Å². The number of fused-ring (bicyclic) bond motifs is 2. The van der Waals surface area contributed by atoms with Gasteiger partial charge < -0.3 is 9.30 Å². The molecule has 150 valence electrons. The molecule has 2 aromatic rings. The van der Waals surface area contributed by atoms with E-state index in [9.17, 15) is 4.79 Å². The van der Waals surface area contributed by atoms with Crippen LogP contribution in [-0.4, -0.2) is 57.4 Å². The summed E-state index contributed by atoms with van der Waals surface area (Å²) in [7, 11) is 1.44. The van der Waals surface area contributed by atoms with E-state index < -0.39 is 0 Å². The van der Waals surface area contributed by atoms with Crippen LogP contribution in [0.25, 0.3) is 0 Å². The number of hydrogen-bond acceptors (Lipinski definition) is 5. The third-order valence-corrected chi connectivity index (χ3v) is 6.24. The fraction of sp³-hybridized carbons (Fsp3) is 0.571. The van der Waals surface area contributed by atoms with E-state index in [0.29, 0.717) is 13.1 Å². The molecule has 2 aliphatic rings. The molecule has 1 aromatic carbocycles. The van der Waals surface area contributed by atoms with Crippen LogP contribution in [0, 0.1) is 6.92 Å². The Hall–Kier alpha value is -2.41. The Bertz CT molecular complexity index is 837. The lowest BCUT2D eigenvalue weighted by Crippen LogP contribution is -2.57. The van der Waals surface area contributed by atoms with Gasteiger partial charge in [-0.2, -0.15) is 0 Å². The number of piperidine rings is 1. The Kier molecular flexibility index (Phi) is 5.10. The summed E-state index contributed by atoms with van der Waals surface area (Å²) >= 11 is 0. The van der Waals surface area contributed by atoms with Gasteiger partial charge in [0.1, 0.15) is 5.82 Å². The quantitative estimate of drug-likeness (QED) is 0.815. The minimum Gasteiger partial charge on any atom is -0.453 e. The van der Waals surface area contributed by atoms with Gasteiger partial charge in [-0.3, -0.25) is 9.80 Å². The molecule has 0 radical (unpaired) electrons. The number of amides is 1. The molecule has 1 spiro atoms. The van der Waals surface area contributed by atoms with Crippen molar-refractivity contribution in [2.45, 2.75) is 51.7 Å². The second-order valence-corrected chi connectivity index (χ2v) is 8.00.